The molecule has 25 heavy (non-hydrogen) atoms. The SMILES string of the molecule is CCCCN1C(=O)C(c2ccccc2)Oc2ccc(C(=O)CCl)cc21. The highest BCUT2D eigenvalue weighted by molar-refractivity contribution is 6.30. The molecule has 0 radical (unpaired) electrons. The predicted octanol–water partition coefficient (Wildman–Crippen LogP) is 4.37. The van der Waals surface area contributed by atoms with E-state index >= 15 is 0 Å². The zero-order chi connectivity index (χ0) is 17.8. The first-order valence-corrected chi connectivity index (χ1v) is 8.95. The van der Waals surface area contributed by atoms with Gasteiger partial charge in [-0.05, 0) is 24.6 Å². The molecule has 0 spiro atoms. The van der Waals surface area contributed by atoms with Crippen LogP contribution in [0.2, 0.25) is 0 Å². The number of ether oxygens (including phenoxy) is 1. The van der Waals surface area contributed by atoms with E-state index in [1.54, 1.807) is 23.1 Å². The summed E-state index contributed by atoms with van der Waals surface area (Å²) in [6, 6.07) is 14.6. The summed E-state index contributed by atoms with van der Waals surface area (Å²) in [5.41, 5.74) is 1.95. The molecule has 1 aliphatic heterocycles. The molecule has 2 aromatic carbocycles. The molecular weight excluding hydrogens is 338 g/mol. The van der Waals surface area contributed by atoms with Crippen LogP contribution in [-0.2, 0) is 4.79 Å². The average molecular weight is 358 g/mol. The molecule has 3 rings (SSSR count). The summed E-state index contributed by atoms with van der Waals surface area (Å²) in [5, 5.41) is 0. The van der Waals surface area contributed by atoms with E-state index in [4.69, 9.17) is 16.3 Å². The molecule has 0 saturated heterocycles. The fraction of sp³-hybridized carbons (Fsp3) is 0.300. The number of amides is 1. The van der Waals surface area contributed by atoms with E-state index < -0.39 is 6.10 Å². The largest absolute Gasteiger partial charge is 0.474 e. The Kier molecular flexibility index (Phi) is 5.39. The molecule has 4 nitrogen and oxygen atoms in total. The van der Waals surface area contributed by atoms with Gasteiger partial charge in [-0.25, -0.2) is 0 Å². The summed E-state index contributed by atoms with van der Waals surface area (Å²) in [4.78, 5) is 26.7. The monoisotopic (exact) mass is 357 g/mol. The minimum Gasteiger partial charge on any atom is -0.474 e. The normalized spacial score (nSPS) is 16.3. The summed E-state index contributed by atoms with van der Waals surface area (Å²) >= 11 is 5.66. The maximum Gasteiger partial charge on any atom is 0.272 e. The Labute approximate surface area is 152 Å². The third-order valence-electron chi connectivity index (χ3n) is 4.27. The number of hydrogen-bond acceptors (Lipinski definition) is 3. The zero-order valence-corrected chi connectivity index (χ0v) is 14.8. The van der Waals surface area contributed by atoms with Gasteiger partial charge in [0.15, 0.2) is 5.78 Å². The minimum absolute atomic E-state index is 0.0881. The number of carbonyl (C=O) groups is 2. The first kappa shape index (κ1) is 17.5. The van der Waals surface area contributed by atoms with Gasteiger partial charge >= 0.3 is 0 Å². The van der Waals surface area contributed by atoms with Crippen LogP contribution in [-0.4, -0.2) is 24.1 Å². The lowest BCUT2D eigenvalue weighted by molar-refractivity contribution is -0.126. The lowest BCUT2D eigenvalue weighted by atomic mass is 10.0. The summed E-state index contributed by atoms with van der Waals surface area (Å²) in [7, 11) is 0. The van der Waals surface area contributed by atoms with Crippen molar-refractivity contribution in [1.29, 1.82) is 0 Å². The standard InChI is InChI=1S/C20H20ClNO3/c1-2-3-11-22-16-12-15(17(23)13-21)9-10-18(16)25-19(20(22)24)14-7-5-4-6-8-14/h4-10,12,19H,2-3,11,13H2,1H3. The van der Waals surface area contributed by atoms with E-state index in [0.29, 0.717) is 23.5 Å². The summed E-state index contributed by atoms with van der Waals surface area (Å²) < 4.78 is 5.97. The number of nitrogens with zero attached hydrogens (tertiary/aromatic N) is 1. The molecule has 0 N–H and O–H groups in total. The van der Waals surface area contributed by atoms with Gasteiger partial charge in [0.2, 0.25) is 6.10 Å². The Hall–Kier alpha value is -2.33. The quantitative estimate of drug-likeness (QED) is 0.569. The Morgan fingerprint density at radius 1 is 1.20 bits per heavy atom. The fourth-order valence-electron chi connectivity index (χ4n) is 2.90. The van der Waals surface area contributed by atoms with Gasteiger partial charge < -0.3 is 9.64 Å². The van der Waals surface area contributed by atoms with Gasteiger partial charge in [0.1, 0.15) is 5.75 Å². The van der Waals surface area contributed by atoms with Crippen LogP contribution in [0.15, 0.2) is 48.5 Å². The van der Waals surface area contributed by atoms with Gasteiger partial charge in [0.25, 0.3) is 5.91 Å². The summed E-state index contributed by atoms with van der Waals surface area (Å²) in [6.07, 6.45) is 1.18. The number of fused-ring (bicyclic) bond motifs is 1. The number of Topliss-reactive ketones (excluding diaryl/α,β-unsaturated/α-hetero) is 1. The van der Waals surface area contributed by atoms with Gasteiger partial charge in [0.05, 0.1) is 11.6 Å². The Balaban J connectivity index is 2.02. The lowest BCUT2D eigenvalue weighted by Crippen LogP contribution is -2.41. The molecule has 1 atom stereocenters. The number of ketones is 1. The second kappa shape index (κ2) is 7.70. The number of rotatable bonds is 6. The summed E-state index contributed by atoms with van der Waals surface area (Å²) in [5.74, 6) is 0.241. The predicted molar refractivity (Wildman–Crippen MR) is 98.6 cm³/mol. The number of benzene rings is 2. The number of alkyl halides is 1. The first-order valence-electron chi connectivity index (χ1n) is 8.42. The van der Waals surface area contributed by atoms with E-state index in [1.165, 1.54) is 0 Å². The summed E-state index contributed by atoms with van der Waals surface area (Å²) in [6.45, 7) is 2.67. The molecule has 1 heterocycles. The molecule has 1 aliphatic rings. The van der Waals surface area contributed by atoms with Crippen molar-refractivity contribution >= 4 is 29.0 Å². The van der Waals surface area contributed by atoms with E-state index in [9.17, 15) is 9.59 Å². The maximum atomic E-state index is 13.0. The highest BCUT2D eigenvalue weighted by atomic mass is 35.5. The molecule has 0 aliphatic carbocycles. The topological polar surface area (TPSA) is 46.6 Å². The van der Waals surface area contributed by atoms with Crippen LogP contribution in [0.25, 0.3) is 0 Å². The first-order chi connectivity index (χ1) is 12.2. The molecule has 2 aromatic rings. The van der Waals surface area contributed by atoms with Gasteiger partial charge in [-0.15, -0.1) is 11.6 Å². The van der Waals surface area contributed by atoms with Crippen LogP contribution in [0.3, 0.4) is 0 Å². The van der Waals surface area contributed by atoms with Gasteiger partial charge in [0, 0.05) is 17.7 Å². The van der Waals surface area contributed by atoms with Crippen molar-refractivity contribution in [3.63, 3.8) is 0 Å². The average Bonchev–Trinajstić information content (AvgIpc) is 2.66. The van der Waals surface area contributed by atoms with Crippen molar-refractivity contribution in [1.82, 2.24) is 0 Å². The second-order valence-corrected chi connectivity index (χ2v) is 6.26. The van der Waals surface area contributed by atoms with Crippen LogP contribution < -0.4 is 9.64 Å². The number of unbranched alkanes of at least 4 members (excludes halogenated alkanes) is 1. The van der Waals surface area contributed by atoms with Crippen molar-refractivity contribution in [3.8, 4) is 5.75 Å². The van der Waals surface area contributed by atoms with Gasteiger partial charge in [-0.1, -0.05) is 43.7 Å². The van der Waals surface area contributed by atoms with Gasteiger partial charge in [-0.3, -0.25) is 9.59 Å². The van der Waals surface area contributed by atoms with Crippen molar-refractivity contribution in [2.24, 2.45) is 0 Å². The molecule has 130 valence electrons. The van der Waals surface area contributed by atoms with E-state index in [2.05, 4.69) is 6.92 Å². The fourth-order valence-corrected chi connectivity index (χ4v) is 3.06. The Morgan fingerprint density at radius 2 is 1.96 bits per heavy atom. The molecular formula is C20H20ClNO3. The molecule has 0 aromatic heterocycles. The van der Waals surface area contributed by atoms with E-state index in [-0.39, 0.29) is 17.6 Å². The Morgan fingerprint density at radius 3 is 2.64 bits per heavy atom. The van der Waals surface area contributed by atoms with Crippen LogP contribution >= 0.6 is 11.6 Å². The molecule has 1 unspecified atom stereocenters. The molecule has 0 bridgehead atoms. The van der Waals surface area contributed by atoms with Crippen LogP contribution in [0.1, 0.15) is 41.8 Å². The Bertz CT molecular complexity index is 776. The lowest BCUT2D eigenvalue weighted by Gasteiger charge is -2.35. The molecule has 0 saturated carbocycles. The van der Waals surface area contributed by atoms with E-state index in [0.717, 1.165) is 18.4 Å². The minimum atomic E-state index is -0.667. The highest BCUT2D eigenvalue weighted by Crippen LogP contribution is 2.39. The molecule has 1 amide bonds. The third-order valence-corrected chi connectivity index (χ3v) is 4.51. The second-order valence-electron chi connectivity index (χ2n) is 5.99. The van der Waals surface area contributed by atoms with E-state index in [1.807, 2.05) is 30.3 Å². The van der Waals surface area contributed by atoms with Gasteiger partial charge in [-0.2, -0.15) is 0 Å². The highest BCUT2D eigenvalue weighted by Gasteiger charge is 2.35. The number of hydrogen-bond donors (Lipinski definition) is 0. The van der Waals surface area contributed by atoms with Crippen LogP contribution in [0.4, 0.5) is 5.69 Å². The number of halogens is 1. The maximum absolute atomic E-state index is 13.0. The number of anilines is 1. The third kappa shape index (κ3) is 3.54. The van der Waals surface area contributed by atoms with Crippen molar-refractivity contribution in [2.75, 3.05) is 17.3 Å². The van der Waals surface area contributed by atoms with Crippen molar-refractivity contribution in [2.45, 2.75) is 25.9 Å². The van der Waals surface area contributed by atoms with Crippen LogP contribution in [0, 0.1) is 0 Å². The van der Waals surface area contributed by atoms with Crippen molar-refractivity contribution in [3.05, 3.63) is 59.7 Å². The molecule has 0 fully saturated rings. The van der Waals surface area contributed by atoms with Crippen molar-refractivity contribution < 1.29 is 14.3 Å². The molecule has 5 heteroatoms. The zero-order valence-electron chi connectivity index (χ0n) is 14.1. The van der Waals surface area contributed by atoms with Crippen LogP contribution in [0.5, 0.6) is 5.75 Å². The smallest absolute Gasteiger partial charge is 0.272 e. The number of carbonyl (C=O) groups excluding carboxylic acids is 2.